The fourth-order valence-electron chi connectivity index (χ4n) is 1.35. The number of rotatable bonds is 5. The van der Waals surface area contributed by atoms with Gasteiger partial charge in [-0.05, 0) is 26.0 Å². The molecule has 1 unspecified atom stereocenters. The topological polar surface area (TPSA) is 66.3 Å². The second-order valence-electron chi connectivity index (χ2n) is 3.81. The third-order valence-corrected chi connectivity index (χ3v) is 2.41. The maximum absolute atomic E-state index is 10.8. The van der Waals surface area contributed by atoms with Gasteiger partial charge in [0, 0.05) is 13.1 Å². The van der Waals surface area contributed by atoms with Crippen LogP contribution >= 0.6 is 0 Å². The predicted octanol–water partition coefficient (Wildman–Crippen LogP) is 1.33. The lowest BCUT2D eigenvalue weighted by atomic mass is 10.1. The van der Waals surface area contributed by atoms with Gasteiger partial charge < -0.3 is 10.0 Å². The lowest BCUT2D eigenvalue weighted by Gasteiger charge is -2.23. The van der Waals surface area contributed by atoms with Crippen molar-refractivity contribution in [2.24, 2.45) is 5.92 Å². The smallest absolute Gasteiger partial charge is 0.308 e. The number of hydrogen-bond donors (Lipinski definition) is 1. The standard InChI is InChI=1S/C11H17N3O2/c1-4-14(7-8(2)11(15)16)10-6-5-9(3)12-13-10/h5-6,8H,4,7H2,1-3H3,(H,15,16). The third kappa shape index (κ3) is 3.18. The number of carbonyl (C=O) groups is 1. The van der Waals surface area contributed by atoms with Gasteiger partial charge in [-0.1, -0.05) is 6.92 Å². The van der Waals surface area contributed by atoms with Crippen LogP contribution in [0.1, 0.15) is 19.5 Å². The zero-order chi connectivity index (χ0) is 12.1. The van der Waals surface area contributed by atoms with Gasteiger partial charge in [-0.25, -0.2) is 0 Å². The van der Waals surface area contributed by atoms with Crippen molar-refractivity contribution < 1.29 is 9.90 Å². The van der Waals surface area contributed by atoms with Gasteiger partial charge >= 0.3 is 5.97 Å². The molecule has 1 aromatic heterocycles. The van der Waals surface area contributed by atoms with E-state index < -0.39 is 11.9 Å². The minimum Gasteiger partial charge on any atom is -0.481 e. The highest BCUT2D eigenvalue weighted by Gasteiger charge is 2.16. The molecule has 0 saturated carbocycles. The Morgan fingerprint density at radius 2 is 2.19 bits per heavy atom. The van der Waals surface area contributed by atoms with Gasteiger partial charge in [0.1, 0.15) is 0 Å². The summed E-state index contributed by atoms with van der Waals surface area (Å²) in [5.41, 5.74) is 0.853. The van der Waals surface area contributed by atoms with E-state index in [0.717, 1.165) is 18.1 Å². The van der Waals surface area contributed by atoms with E-state index in [2.05, 4.69) is 10.2 Å². The Bertz CT molecular complexity index is 351. The van der Waals surface area contributed by atoms with Crippen molar-refractivity contribution >= 4 is 11.8 Å². The van der Waals surface area contributed by atoms with Crippen molar-refractivity contribution in [2.45, 2.75) is 20.8 Å². The lowest BCUT2D eigenvalue weighted by molar-refractivity contribution is -0.140. The average Bonchev–Trinajstić information content (AvgIpc) is 2.26. The highest BCUT2D eigenvalue weighted by atomic mass is 16.4. The number of aliphatic carboxylic acids is 1. The maximum Gasteiger partial charge on any atom is 0.308 e. The van der Waals surface area contributed by atoms with E-state index in [1.165, 1.54) is 0 Å². The Balaban J connectivity index is 2.74. The van der Waals surface area contributed by atoms with E-state index in [9.17, 15) is 4.79 Å². The molecule has 1 heterocycles. The van der Waals surface area contributed by atoms with Gasteiger partial charge in [0.25, 0.3) is 0 Å². The fraction of sp³-hybridized carbons (Fsp3) is 0.545. The van der Waals surface area contributed by atoms with Crippen molar-refractivity contribution in [1.82, 2.24) is 10.2 Å². The van der Waals surface area contributed by atoms with E-state index in [1.807, 2.05) is 30.9 Å². The van der Waals surface area contributed by atoms with Crippen LogP contribution in [0.5, 0.6) is 0 Å². The minimum absolute atomic E-state index is 0.414. The van der Waals surface area contributed by atoms with E-state index in [0.29, 0.717) is 6.54 Å². The molecule has 16 heavy (non-hydrogen) atoms. The number of hydrogen-bond acceptors (Lipinski definition) is 4. The van der Waals surface area contributed by atoms with Crippen LogP contribution in [0.2, 0.25) is 0 Å². The Morgan fingerprint density at radius 1 is 1.50 bits per heavy atom. The molecule has 0 amide bonds. The molecular weight excluding hydrogens is 206 g/mol. The molecule has 0 aliphatic rings. The number of nitrogens with zero attached hydrogens (tertiary/aromatic N) is 3. The quantitative estimate of drug-likeness (QED) is 0.815. The lowest BCUT2D eigenvalue weighted by Crippen LogP contribution is -2.32. The monoisotopic (exact) mass is 223 g/mol. The normalized spacial score (nSPS) is 12.2. The molecule has 0 radical (unpaired) electrons. The number of aryl methyl sites for hydroxylation is 1. The largest absolute Gasteiger partial charge is 0.481 e. The van der Waals surface area contributed by atoms with E-state index in [-0.39, 0.29) is 0 Å². The predicted molar refractivity (Wildman–Crippen MR) is 61.5 cm³/mol. The number of carboxylic acid groups (broad SMARTS) is 1. The minimum atomic E-state index is -0.793. The Morgan fingerprint density at radius 3 is 2.62 bits per heavy atom. The summed E-state index contributed by atoms with van der Waals surface area (Å²) in [6, 6.07) is 3.73. The molecule has 1 N–H and O–H groups in total. The Labute approximate surface area is 95.1 Å². The van der Waals surface area contributed by atoms with Gasteiger partial charge in [-0.2, -0.15) is 5.10 Å². The van der Waals surface area contributed by atoms with Crippen molar-refractivity contribution in [3.63, 3.8) is 0 Å². The average molecular weight is 223 g/mol. The SMILES string of the molecule is CCN(CC(C)C(=O)O)c1ccc(C)nn1. The molecule has 0 spiro atoms. The summed E-state index contributed by atoms with van der Waals surface area (Å²) in [6.45, 7) is 6.69. The van der Waals surface area contributed by atoms with Crippen LogP contribution in [0, 0.1) is 12.8 Å². The number of anilines is 1. The van der Waals surface area contributed by atoms with Gasteiger partial charge in [0.15, 0.2) is 5.82 Å². The van der Waals surface area contributed by atoms with Crippen LogP contribution in [0.4, 0.5) is 5.82 Å². The molecule has 1 rings (SSSR count). The zero-order valence-electron chi connectivity index (χ0n) is 9.84. The van der Waals surface area contributed by atoms with E-state index in [4.69, 9.17) is 5.11 Å². The second kappa shape index (κ2) is 5.44. The molecule has 1 aromatic rings. The van der Waals surface area contributed by atoms with Crippen molar-refractivity contribution in [1.29, 1.82) is 0 Å². The molecule has 1 atom stereocenters. The summed E-state index contributed by atoms with van der Waals surface area (Å²) in [6.07, 6.45) is 0. The van der Waals surface area contributed by atoms with Gasteiger partial charge in [-0.3, -0.25) is 4.79 Å². The molecule has 0 saturated heterocycles. The van der Waals surface area contributed by atoms with Gasteiger partial charge in [0.05, 0.1) is 11.6 Å². The van der Waals surface area contributed by atoms with E-state index >= 15 is 0 Å². The fourth-order valence-corrected chi connectivity index (χ4v) is 1.35. The first kappa shape index (κ1) is 12.4. The van der Waals surface area contributed by atoms with Crippen molar-refractivity contribution in [3.05, 3.63) is 17.8 Å². The van der Waals surface area contributed by atoms with Gasteiger partial charge in [-0.15, -0.1) is 5.10 Å². The number of aromatic nitrogens is 2. The first-order valence-electron chi connectivity index (χ1n) is 5.32. The Kier molecular flexibility index (Phi) is 4.22. The Hall–Kier alpha value is -1.65. The summed E-state index contributed by atoms with van der Waals surface area (Å²) >= 11 is 0. The second-order valence-corrected chi connectivity index (χ2v) is 3.81. The summed E-state index contributed by atoms with van der Waals surface area (Å²) < 4.78 is 0. The maximum atomic E-state index is 10.8. The molecule has 0 aliphatic carbocycles. The van der Waals surface area contributed by atoms with E-state index in [1.54, 1.807) is 6.92 Å². The van der Waals surface area contributed by atoms with Crippen LogP contribution in [0.3, 0.4) is 0 Å². The molecule has 5 nitrogen and oxygen atoms in total. The molecule has 0 bridgehead atoms. The molecule has 0 aromatic carbocycles. The summed E-state index contributed by atoms with van der Waals surface area (Å²) in [5, 5.41) is 16.9. The van der Waals surface area contributed by atoms with Crippen molar-refractivity contribution in [2.75, 3.05) is 18.0 Å². The first-order valence-corrected chi connectivity index (χ1v) is 5.32. The van der Waals surface area contributed by atoms with Gasteiger partial charge in [0.2, 0.25) is 0 Å². The molecule has 5 heteroatoms. The third-order valence-electron chi connectivity index (χ3n) is 2.41. The summed E-state index contributed by atoms with van der Waals surface area (Å²) in [4.78, 5) is 12.7. The van der Waals surface area contributed by atoms with Crippen LogP contribution in [-0.4, -0.2) is 34.4 Å². The van der Waals surface area contributed by atoms with Crippen LogP contribution in [-0.2, 0) is 4.79 Å². The zero-order valence-corrected chi connectivity index (χ0v) is 9.84. The number of carboxylic acids is 1. The molecule has 0 aliphatic heterocycles. The van der Waals surface area contributed by atoms with Crippen LogP contribution in [0.15, 0.2) is 12.1 Å². The highest BCUT2D eigenvalue weighted by molar-refractivity contribution is 5.70. The summed E-state index contributed by atoms with van der Waals surface area (Å²) in [7, 11) is 0. The molecule has 88 valence electrons. The van der Waals surface area contributed by atoms with Crippen molar-refractivity contribution in [3.8, 4) is 0 Å². The van der Waals surface area contributed by atoms with Crippen LogP contribution in [0.25, 0.3) is 0 Å². The molecular formula is C11H17N3O2. The highest BCUT2D eigenvalue weighted by Crippen LogP contribution is 2.11. The molecule has 0 fully saturated rings. The summed E-state index contributed by atoms with van der Waals surface area (Å²) in [5.74, 6) is -0.484. The van der Waals surface area contributed by atoms with Crippen LogP contribution < -0.4 is 4.90 Å². The first-order chi connectivity index (χ1) is 7.54.